The van der Waals surface area contributed by atoms with Gasteiger partial charge < -0.3 is 60.3 Å². The van der Waals surface area contributed by atoms with E-state index in [0.29, 0.717) is 0 Å². The summed E-state index contributed by atoms with van der Waals surface area (Å²) in [7, 11) is -11.7. The summed E-state index contributed by atoms with van der Waals surface area (Å²) < 4.78 is 0. The first-order valence-corrected chi connectivity index (χ1v) is 2.83. The SMILES string of the molecule is [O-]B([O-])[O-].[O-]B([O-])[O-].[O-]B([O-])[O-].[O-]B([O-])[O-].[Re+4].[Re+4].[Re+4]. The smallest absolute Gasteiger partial charge is 0.907 e. The first-order valence-electron chi connectivity index (χ1n) is 2.83. The van der Waals surface area contributed by atoms with Crippen LogP contribution in [-0.4, -0.2) is 29.3 Å². The van der Waals surface area contributed by atoms with E-state index < -0.39 is 29.3 Å². The third kappa shape index (κ3) is 2000. The zero-order valence-electron chi connectivity index (χ0n) is 8.34. The largest absolute Gasteiger partial charge is 4.00 e. The van der Waals surface area contributed by atoms with Crippen molar-refractivity contribution in [3.05, 3.63) is 0 Å². The van der Waals surface area contributed by atoms with E-state index in [1.807, 2.05) is 0 Å². The van der Waals surface area contributed by atoms with Gasteiger partial charge in [-0.05, 0) is 0 Å². The summed E-state index contributed by atoms with van der Waals surface area (Å²) in [6, 6.07) is 0. The summed E-state index contributed by atoms with van der Waals surface area (Å²) in [6.07, 6.45) is 0. The first-order chi connectivity index (χ1) is 6.93. The van der Waals surface area contributed by atoms with Crippen molar-refractivity contribution in [1.82, 2.24) is 0 Å². The van der Waals surface area contributed by atoms with Gasteiger partial charge >= 0.3 is 61.3 Å². The monoisotopic (exact) mass is 797 g/mol. The predicted octanol–water partition coefficient (Wildman–Crippen LogP) is -15.8. The van der Waals surface area contributed by atoms with E-state index in [0.717, 1.165) is 0 Å². The van der Waals surface area contributed by atoms with Gasteiger partial charge in [0.05, 0.1) is 0 Å². The molecule has 0 rings (SSSR count). The molecule has 0 aromatic heterocycles. The fourth-order valence-electron chi connectivity index (χ4n) is 0. The molecule has 0 bridgehead atoms. The molecule has 0 aromatic rings. The van der Waals surface area contributed by atoms with Crippen LogP contribution < -0.4 is 60.3 Å². The van der Waals surface area contributed by atoms with Crippen LogP contribution in [-0.2, 0) is 61.3 Å². The van der Waals surface area contributed by atoms with Crippen LogP contribution in [0.2, 0.25) is 0 Å². The maximum Gasteiger partial charge on any atom is 4.00 e. The fourth-order valence-corrected chi connectivity index (χ4v) is 0. The molecule has 0 amide bonds. The Bertz CT molecular complexity index is 68.0. The molecular weight excluding hydrogens is 794 g/mol. The maximum absolute atomic E-state index is 8.42. The Kier molecular flexibility index (Phi) is 82.8. The topological polar surface area (TPSA) is 277 Å². The summed E-state index contributed by atoms with van der Waals surface area (Å²) in [5.41, 5.74) is 0. The van der Waals surface area contributed by atoms with Crippen molar-refractivity contribution in [2.75, 3.05) is 0 Å². The van der Waals surface area contributed by atoms with Crippen molar-refractivity contribution >= 4 is 29.3 Å². The van der Waals surface area contributed by atoms with Crippen LogP contribution in [0.3, 0.4) is 0 Å². The van der Waals surface area contributed by atoms with Crippen LogP contribution in [0.25, 0.3) is 0 Å². The minimum atomic E-state index is -2.92. The molecule has 12 nitrogen and oxygen atoms in total. The van der Waals surface area contributed by atoms with E-state index in [-0.39, 0.29) is 61.3 Å². The molecule has 0 atom stereocenters. The van der Waals surface area contributed by atoms with E-state index in [4.69, 9.17) is 60.3 Å². The molecule has 0 aliphatic carbocycles. The van der Waals surface area contributed by atoms with Crippen LogP contribution in [0.5, 0.6) is 0 Å². The molecule has 105 valence electrons. The number of rotatable bonds is 0. The number of hydrogen-bond donors (Lipinski definition) is 0. The Labute approximate surface area is 150 Å². The van der Waals surface area contributed by atoms with Gasteiger partial charge in [0.15, 0.2) is 0 Å². The van der Waals surface area contributed by atoms with Gasteiger partial charge in [-0.1, -0.05) is 0 Å². The van der Waals surface area contributed by atoms with E-state index in [1.165, 1.54) is 0 Å². The predicted molar refractivity (Wildman–Crippen MR) is 23.0 cm³/mol. The standard InChI is InChI=1S/4BO3.3Re/c4*2-1(3)4;;;/q4*-3;3*+4. The van der Waals surface area contributed by atoms with Crippen molar-refractivity contribution in [1.29, 1.82) is 0 Å². The molecule has 19 heavy (non-hydrogen) atoms. The second-order valence-corrected chi connectivity index (χ2v) is 1.15. The number of hydrogen-bond acceptors (Lipinski definition) is 12. The second-order valence-electron chi connectivity index (χ2n) is 1.15. The molecule has 0 spiro atoms. The van der Waals surface area contributed by atoms with Gasteiger partial charge in [-0.15, -0.1) is 0 Å². The van der Waals surface area contributed by atoms with Crippen molar-refractivity contribution in [3.8, 4) is 0 Å². The first kappa shape index (κ1) is 42.8. The van der Waals surface area contributed by atoms with E-state index in [9.17, 15) is 0 Å². The Morgan fingerprint density at radius 1 is 0.263 bits per heavy atom. The average molecular weight is 794 g/mol. The Morgan fingerprint density at radius 2 is 0.263 bits per heavy atom. The van der Waals surface area contributed by atoms with Crippen molar-refractivity contribution in [3.63, 3.8) is 0 Å². The van der Waals surface area contributed by atoms with Gasteiger partial charge in [0.2, 0.25) is 0 Å². The van der Waals surface area contributed by atoms with E-state index in [1.54, 1.807) is 0 Å². The Hall–Kier alpha value is 1.77. The summed E-state index contributed by atoms with van der Waals surface area (Å²) in [4.78, 5) is 0. The molecule has 0 aliphatic rings. The Morgan fingerprint density at radius 3 is 0.263 bits per heavy atom. The zero-order chi connectivity index (χ0) is 14.3. The summed E-state index contributed by atoms with van der Waals surface area (Å²) in [6.45, 7) is 0. The quantitative estimate of drug-likeness (QED) is 0.207. The molecule has 0 N–H and O–H groups in total. The van der Waals surface area contributed by atoms with E-state index in [2.05, 4.69) is 0 Å². The molecule has 0 unspecified atom stereocenters. The molecule has 0 saturated carbocycles. The zero-order valence-corrected chi connectivity index (χ0v) is 16.5. The Balaban J connectivity index is -0.0000000192. The fraction of sp³-hybridized carbons (Fsp3) is 0. The van der Waals surface area contributed by atoms with Gasteiger partial charge in [0.25, 0.3) is 0 Å². The molecule has 0 saturated heterocycles. The molecule has 0 aliphatic heterocycles. The van der Waals surface area contributed by atoms with Crippen LogP contribution in [0.4, 0.5) is 0 Å². The summed E-state index contributed by atoms with van der Waals surface area (Å²) >= 11 is 0. The van der Waals surface area contributed by atoms with Gasteiger partial charge in [-0.2, -0.15) is 0 Å². The van der Waals surface area contributed by atoms with Crippen LogP contribution in [0, 0.1) is 0 Å². The van der Waals surface area contributed by atoms with Crippen LogP contribution >= 0.6 is 0 Å². The second kappa shape index (κ2) is 36.7. The van der Waals surface area contributed by atoms with Gasteiger partial charge in [-0.3, -0.25) is 29.3 Å². The molecule has 0 heterocycles. The normalized spacial score (nSPS) is 5.68. The minimum absolute atomic E-state index is 0. The minimum Gasteiger partial charge on any atom is -0.907 e. The van der Waals surface area contributed by atoms with Gasteiger partial charge in [0, 0.05) is 0 Å². The molecule has 3 radical (unpaired) electrons. The average Bonchev–Trinajstić information content (AvgIpc) is 1.76. The van der Waals surface area contributed by atoms with Crippen LogP contribution in [0.1, 0.15) is 0 Å². The third-order valence-corrected chi connectivity index (χ3v) is 0. The van der Waals surface area contributed by atoms with E-state index >= 15 is 0 Å². The van der Waals surface area contributed by atoms with Gasteiger partial charge in [-0.25, -0.2) is 0 Å². The maximum atomic E-state index is 8.42. The van der Waals surface area contributed by atoms with Crippen LogP contribution in [0.15, 0.2) is 0 Å². The molecule has 19 heteroatoms. The third-order valence-electron chi connectivity index (χ3n) is 0. The van der Waals surface area contributed by atoms with Gasteiger partial charge in [0.1, 0.15) is 0 Å². The van der Waals surface area contributed by atoms with Crippen molar-refractivity contribution in [2.45, 2.75) is 0 Å². The summed E-state index contributed by atoms with van der Waals surface area (Å²) in [5.74, 6) is 0. The summed E-state index contributed by atoms with van der Waals surface area (Å²) in [5, 5.41) is 101. The molecular formula is B4O12Re3. The molecule has 0 fully saturated rings. The van der Waals surface area contributed by atoms with Crippen molar-refractivity contribution < 1.29 is 122 Å². The van der Waals surface area contributed by atoms with Crippen molar-refractivity contribution in [2.24, 2.45) is 0 Å². The molecule has 0 aromatic carbocycles.